The van der Waals surface area contributed by atoms with Crippen molar-refractivity contribution in [1.82, 2.24) is 15.6 Å². The van der Waals surface area contributed by atoms with Crippen molar-refractivity contribution in [2.24, 2.45) is 4.99 Å². The van der Waals surface area contributed by atoms with Gasteiger partial charge in [-0.3, -0.25) is 4.98 Å². The van der Waals surface area contributed by atoms with Crippen molar-refractivity contribution in [3.8, 4) is 5.75 Å². The fraction of sp³-hybridized carbons (Fsp3) is 0.667. The molecule has 0 aliphatic heterocycles. The van der Waals surface area contributed by atoms with Crippen molar-refractivity contribution in [1.29, 1.82) is 0 Å². The van der Waals surface area contributed by atoms with Crippen LogP contribution in [-0.2, 0) is 11.3 Å². The molecule has 0 atom stereocenters. The Kier molecular flexibility index (Phi) is 13.5. The number of nitrogens with one attached hydrogen (secondary N) is 2. The monoisotopic (exact) mass is 464 g/mol. The van der Waals surface area contributed by atoms with Crippen LogP contribution in [0.25, 0.3) is 0 Å². The molecule has 144 valence electrons. The second-order valence-electron chi connectivity index (χ2n) is 5.57. The van der Waals surface area contributed by atoms with E-state index in [9.17, 15) is 0 Å². The molecular weight excluding hydrogens is 431 g/mol. The number of guanidine groups is 1. The van der Waals surface area contributed by atoms with Crippen LogP contribution in [0, 0.1) is 13.8 Å². The number of methoxy groups -OCH3 is 1. The van der Waals surface area contributed by atoms with Crippen LogP contribution in [0.3, 0.4) is 0 Å². The minimum atomic E-state index is 0. The van der Waals surface area contributed by atoms with E-state index in [1.807, 2.05) is 27.0 Å². The van der Waals surface area contributed by atoms with Crippen LogP contribution in [0.2, 0.25) is 0 Å². The average molecular weight is 464 g/mol. The maximum Gasteiger partial charge on any atom is 0.191 e. The van der Waals surface area contributed by atoms with Gasteiger partial charge < -0.3 is 20.1 Å². The number of hydrogen-bond donors (Lipinski definition) is 2. The quantitative estimate of drug-likeness (QED) is 0.241. The third kappa shape index (κ3) is 8.71. The molecule has 0 fully saturated rings. The maximum atomic E-state index is 5.45. The first-order valence-corrected chi connectivity index (χ1v) is 8.72. The lowest BCUT2D eigenvalue weighted by molar-refractivity contribution is 0.143. The smallest absolute Gasteiger partial charge is 0.191 e. The molecule has 0 amide bonds. The Morgan fingerprint density at radius 2 is 1.96 bits per heavy atom. The minimum Gasteiger partial charge on any atom is -0.496 e. The van der Waals surface area contributed by atoms with Crippen molar-refractivity contribution in [2.45, 2.75) is 47.1 Å². The minimum absolute atomic E-state index is 0. The molecule has 2 N–H and O–H groups in total. The Bertz CT molecular complexity index is 524. The third-order valence-corrected chi connectivity index (χ3v) is 3.69. The molecule has 0 saturated heterocycles. The molecule has 0 aliphatic carbocycles. The SMILES string of the molecule is CCNC(=NCc1ncc(C)c(OC)c1C)NCCCCOCC.I. The molecule has 0 saturated carbocycles. The summed E-state index contributed by atoms with van der Waals surface area (Å²) >= 11 is 0. The lowest BCUT2D eigenvalue weighted by Crippen LogP contribution is -2.37. The van der Waals surface area contributed by atoms with Gasteiger partial charge in [-0.15, -0.1) is 24.0 Å². The molecule has 0 aliphatic rings. The molecule has 0 unspecified atom stereocenters. The molecule has 0 bridgehead atoms. The van der Waals surface area contributed by atoms with E-state index in [1.165, 1.54) is 0 Å². The highest BCUT2D eigenvalue weighted by Crippen LogP contribution is 2.24. The molecule has 0 spiro atoms. The Morgan fingerprint density at radius 3 is 2.60 bits per heavy atom. The highest BCUT2D eigenvalue weighted by atomic mass is 127. The Labute approximate surface area is 169 Å². The van der Waals surface area contributed by atoms with Gasteiger partial charge in [0.2, 0.25) is 0 Å². The van der Waals surface area contributed by atoms with Crippen molar-refractivity contribution in [2.75, 3.05) is 33.4 Å². The predicted molar refractivity (Wildman–Crippen MR) is 114 cm³/mol. The molecule has 1 aromatic heterocycles. The first-order valence-electron chi connectivity index (χ1n) is 8.72. The topological polar surface area (TPSA) is 67.8 Å². The second-order valence-corrected chi connectivity index (χ2v) is 5.57. The van der Waals surface area contributed by atoms with Crippen molar-refractivity contribution < 1.29 is 9.47 Å². The van der Waals surface area contributed by atoms with Crippen LogP contribution < -0.4 is 15.4 Å². The van der Waals surface area contributed by atoms with Crippen molar-refractivity contribution in [3.63, 3.8) is 0 Å². The van der Waals surface area contributed by atoms with E-state index < -0.39 is 0 Å². The number of ether oxygens (including phenoxy) is 2. The number of aliphatic imine (C=N–C) groups is 1. The van der Waals surface area contributed by atoms with Crippen LogP contribution in [0.5, 0.6) is 5.75 Å². The fourth-order valence-corrected chi connectivity index (χ4v) is 2.41. The Hall–Kier alpha value is -1.09. The van der Waals surface area contributed by atoms with Crippen molar-refractivity contribution >= 4 is 29.9 Å². The summed E-state index contributed by atoms with van der Waals surface area (Å²) in [6.07, 6.45) is 3.95. The van der Waals surface area contributed by atoms with Gasteiger partial charge in [-0.25, -0.2) is 4.99 Å². The van der Waals surface area contributed by atoms with E-state index >= 15 is 0 Å². The highest BCUT2D eigenvalue weighted by Gasteiger charge is 2.09. The van der Waals surface area contributed by atoms with E-state index in [0.717, 1.165) is 67.7 Å². The molecule has 7 heteroatoms. The van der Waals surface area contributed by atoms with E-state index in [4.69, 9.17) is 9.47 Å². The molecule has 25 heavy (non-hydrogen) atoms. The highest BCUT2D eigenvalue weighted by molar-refractivity contribution is 14.0. The lowest BCUT2D eigenvalue weighted by Gasteiger charge is -2.13. The maximum absolute atomic E-state index is 5.45. The predicted octanol–water partition coefficient (Wildman–Crippen LogP) is 3.20. The van der Waals surface area contributed by atoms with E-state index in [0.29, 0.717) is 6.54 Å². The number of unbranched alkanes of at least 4 members (excludes halogenated alkanes) is 1. The van der Waals surface area contributed by atoms with Gasteiger partial charge in [-0.2, -0.15) is 0 Å². The number of halogens is 1. The van der Waals surface area contributed by atoms with E-state index in [1.54, 1.807) is 7.11 Å². The lowest BCUT2D eigenvalue weighted by atomic mass is 10.1. The summed E-state index contributed by atoms with van der Waals surface area (Å²) in [5.41, 5.74) is 3.03. The van der Waals surface area contributed by atoms with Gasteiger partial charge in [0.25, 0.3) is 0 Å². The van der Waals surface area contributed by atoms with Gasteiger partial charge in [0.15, 0.2) is 5.96 Å². The number of aromatic nitrogens is 1. The summed E-state index contributed by atoms with van der Waals surface area (Å²) in [7, 11) is 1.69. The largest absolute Gasteiger partial charge is 0.496 e. The summed E-state index contributed by atoms with van der Waals surface area (Å²) < 4.78 is 10.8. The van der Waals surface area contributed by atoms with Gasteiger partial charge in [0.1, 0.15) is 5.75 Å². The summed E-state index contributed by atoms with van der Waals surface area (Å²) in [4.78, 5) is 9.12. The molecule has 0 radical (unpaired) electrons. The summed E-state index contributed by atoms with van der Waals surface area (Å²) in [5, 5.41) is 6.61. The van der Waals surface area contributed by atoms with E-state index in [2.05, 4.69) is 27.5 Å². The molecule has 6 nitrogen and oxygen atoms in total. The molecule has 1 aromatic rings. The second kappa shape index (κ2) is 14.1. The van der Waals surface area contributed by atoms with Gasteiger partial charge in [0.05, 0.1) is 19.3 Å². The van der Waals surface area contributed by atoms with Crippen LogP contribution in [0.1, 0.15) is 43.5 Å². The first kappa shape index (κ1) is 23.9. The van der Waals surface area contributed by atoms with Gasteiger partial charge >= 0.3 is 0 Å². The first-order chi connectivity index (χ1) is 11.6. The number of rotatable bonds is 10. The standard InChI is InChI=1S/C18H32N4O2.HI/c1-6-19-18(20-10-8-9-11-24-7-2)22-13-16-15(4)17(23-5)14(3)12-21-16;/h12H,6-11,13H2,1-5H3,(H2,19,20,22);1H. The van der Waals surface area contributed by atoms with Crippen LogP contribution in [0.4, 0.5) is 0 Å². The number of pyridine rings is 1. The van der Waals surface area contributed by atoms with Crippen LogP contribution in [-0.4, -0.2) is 44.4 Å². The Morgan fingerprint density at radius 1 is 1.20 bits per heavy atom. The zero-order chi connectivity index (χ0) is 17.8. The summed E-state index contributed by atoms with van der Waals surface area (Å²) in [6, 6.07) is 0. The van der Waals surface area contributed by atoms with Crippen molar-refractivity contribution in [3.05, 3.63) is 23.0 Å². The number of hydrogen-bond acceptors (Lipinski definition) is 4. The van der Waals surface area contributed by atoms with Crippen LogP contribution >= 0.6 is 24.0 Å². The summed E-state index contributed by atoms with van der Waals surface area (Å²) in [5.74, 6) is 1.71. The molecule has 0 aromatic carbocycles. The van der Waals surface area contributed by atoms with Crippen LogP contribution in [0.15, 0.2) is 11.2 Å². The fourth-order valence-electron chi connectivity index (χ4n) is 2.41. The van der Waals surface area contributed by atoms with Gasteiger partial charge in [0, 0.05) is 43.6 Å². The third-order valence-electron chi connectivity index (χ3n) is 3.69. The zero-order valence-electron chi connectivity index (χ0n) is 16.1. The Balaban J connectivity index is 0.00000576. The average Bonchev–Trinajstić information content (AvgIpc) is 2.57. The van der Waals surface area contributed by atoms with Gasteiger partial charge in [-0.1, -0.05) is 0 Å². The number of nitrogens with zero attached hydrogens (tertiary/aromatic N) is 2. The molecule has 1 heterocycles. The zero-order valence-corrected chi connectivity index (χ0v) is 18.5. The van der Waals surface area contributed by atoms with Gasteiger partial charge in [-0.05, 0) is 40.5 Å². The summed E-state index contributed by atoms with van der Waals surface area (Å²) in [6.45, 7) is 11.9. The molecule has 1 rings (SSSR count). The number of aryl methyl sites for hydroxylation is 1. The van der Waals surface area contributed by atoms with E-state index in [-0.39, 0.29) is 24.0 Å². The molecular formula is C18H33IN4O2. The normalized spacial score (nSPS) is 11.0.